The maximum absolute atomic E-state index is 2.85. The van der Waals surface area contributed by atoms with Gasteiger partial charge in [-0.25, -0.2) is 0 Å². The van der Waals surface area contributed by atoms with Gasteiger partial charge in [-0.3, -0.25) is 0 Å². The second-order valence-corrected chi connectivity index (χ2v) is 27.6. The number of hydrogen-bond donors (Lipinski definition) is 0. The summed E-state index contributed by atoms with van der Waals surface area (Å²) >= 11 is 0. The second-order valence-electron chi connectivity index (χ2n) is 23.8. The Kier molecular flexibility index (Phi) is 9.91. The van der Waals surface area contributed by atoms with Crippen LogP contribution in [0.4, 0.5) is 17.1 Å². The highest BCUT2D eigenvalue weighted by Crippen LogP contribution is 2.70. The zero-order chi connectivity index (χ0) is 51.9. The maximum atomic E-state index is 2.72. The first-order chi connectivity index (χ1) is 39.1. The first kappa shape index (κ1) is 45.5. The van der Waals surface area contributed by atoms with Gasteiger partial charge in [-0.2, -0.15) is 0 Å². The van der Waals surface area contributed by atoms with Gasteiger partial charge in [0.05, 0.1) is 5.41 Å². The molecule has 4 fully saturated rings. The molecule has 1 aliphatic heterocycles. The standard InChI is InChI=1S/C77H59NSi/c1-5-21-53(22-6-1)63-34-20-36-70-75(63)68-42-40-60(50-72(68)77(70)56-44-51-43-52(46-56)47-57(77)45-51)78(58-27-19-30-62(48-58)79(61-28-11-4-12-29-61)73-37-17-14-32-66(73)67-33-15-18-38-74(67)79)59-39-41-65-64-31-13-16-35-69(64)76(71(65)49-59,54-23-7-2-8-24-54)55-25-9-3-10-26-55/h1-42,48-52,56-57H,43-47H2. The van der Waals surface area contributed by atoms with E-state index >= 15 is 0 Å². The van der Waals surface area contributed by atoms with Crippen molar-refractivity contribution in [3.63, 3.8) is 0 Å². The summed E-state index contributed by atoms with van der Waals surface area (Å²) < 4.78 is 0. The normalized spacial score (nSPS) is 21.4. The van der Waals surface area contributed by atoms with Crippen LogP contribution in [-0.2, 0) is 10.8 Å². The Balaban J connectivity index is 0.947. The van der Waals surface area contributed by atoms with Crippen LogP contribution in [0.15, 0.2) is 273 Å². The highest BCUT2D eigenvalue weighted by Gasteiger charge is 2.62. The summed E-state index contributed by atoms with van der Waals surface area (Å²) in [5.41, 5.74) is 22.2. The molecule has 0 atom stereocenters. The minimum Gasteiger partial charge on any atom is -0.310 e. The van der Waals surface area contributed by atoms with Gasteiger partial charge in [0.15, 0.2) is 8.07 Å². The number of anilines is 3. The lowest BCUT2D eigenvalue weighted by atomic mass is 9.43. The average molecular weight is 1030 g/mol. The van der Waals surface area contributed by atoms with E-state index in [-0.39, 0.29) is 5.41 Å². The lowest BCUT2D eigenvalue weighted by molar-refractivity contribution is -0.0399. The van der Waals surface area contributed by atoms with Gasteiger partial charge < -0.3 is 4.90 Å². The van der Waals surface area contributed by atoms with E-state index in [2.05, 4.69) is 278 Å². The molecule has 4 saturated carbocycles. The van der Waals surface area contributed by atoms with Gasteiger partial charge in [-0.05, 0) is 191 Å². The molecular formula is C77H59NSi. The Morgan fingerprint density at radius 3 is 1.43 bits per heavy atom. The molecule has 0 saturated heterocycles. The Labute approximate surface area is 465 Å². The lowest BCUT2D eigenvalue weighted by Crippen LogP contribution is -2.72. The number of hydrogen-bond acceptors (Lipinski definition) is 1. The molecule has 7 aliphatic rings. The second kappa shape index (κ2) is 17.2. The fourth-order valence-corrected chi connectivity index (χ4v) is 23.0. The van der Waals surface area contributed by atoms with Gasteiger partial charge in [0.2, 0.25) is 0 Å². The summed E-state index contributed by atoms with van der Waals surface area (Å²) in [5.74, 6) is 2.93. The van der Waals surface area contributed by atoms with Gasteiger partial charge in [0.25, 0.3) is 0 Å². The van der Waals surface area contributed by atoms with E-state index in [4.69, 9.17) is 0 Å². The van der Waals surface area contributed by atoms with Crippen molar-refractivity contribution in [2.24, 2.45) is 23.7 Å². The molecule has 1 heterocycles. The molecule has 0 radical (unpaired) electrons. The quantitative estimate of drug-likeness (QED) is 0.137. The first-order valence-corrected chi connectivity index (χ1v) is 31.0. The van der Waals surface area contributed by atoms with E-state index in [1.807, 2.05) is 0 Å². The van der Waals surface area contributed by atoms with Crippen molar-refractivity contribution < 1.29 is 0 Å². The topological polar surface area (TPSA) is 3.24 Å². The number of fused-ring (bicyclic) bond motifs is 9. The molecule has 2 heteroatoms. The van der Waals surface area contributed by atoms with Crippen LogP contribution in [0.2, 0.25) is 0 Å². The van der Waals surface area contributed by atoms with Crippen molar-refractivity contribution in [2.45, 2.75) is 42.9 Å². The lowest BCUT2D eigenvalue weighted by Gasteiger charge is -2.61. The summed E-state index contributed by atoms with van der Waals surface area (Å²) in [6.45, 7) is 0. The summed E-state index contributed by atoms with van der Waals surface area (Å²) in [6.07, 6.45) is 6.76. The van der Waals surface area contributed by atoms with E-state index in [0.717, 1.165) is 11.8 Å². The summed E-state index contributed by atoms with van der Waals surface area (Å²) in [7, 11) is -2.85. The fraction of sp³-hybridized carbons (Fsp3) is 0.143. The average Bonchev–Trinajstić information content (AvgIpc) is 3.37. The van der Waals surface area contributed by atoms with Crippen molar-refractivity contribution in [1.29, 1.82) is 0 Å². The first-order valence-electron chi connectivity index (χ1n) is 29.0. The smallest absolute Gasteiger partial charge is 0.180 e. The third kappa shape index (κ3) is 6.16. The van der Waals surface area contributed by atoms with Crippen molar-refractivity contribution in [3.05, 3.63) is 306 Å². The third-order valence-electron chi connectivity index (χ3n) is 20.4. The highest BCUT2D eigenvalue weighted by molar-refractivity contribution is 7.22. The van der Waals surface area contributed by atoms with Crippen molar-refractivity contribution in [2.75, 3.05) is 4.90 Å². The summed E-state index contributed by atoms with van der Waals surface area (Å²) in [6, 6.07) is 106. The Morgan fingerprint density at radius 1 is 0.316 bits per heavy atom. The molecule has 0 aromatic heterocycles. The number of nitrogens with zero attached hydrogens (tertiary/aromatic N) is 1. The largest absolute Gasteiger partial charge is 0.310 e. The Bertz CT molecular complexity index is 4100. The maximum Gasteiger partial charge on any atom is 0.180 e. The van der Waals surface area contributed by atoms with Gasteiger partial charge in [-0.15, -0.1) is 0 Å². The van der Waals surface area contributed by atoms with Crippen molar-refractivity contribution >= 4 is 45.9 Å². The molecule has 11 aromatic carbocycles. The number of benzene rings is 11. The monoisotopic (exact) mass is 1030 g/mol. The summed E-state index contributed by atoms with van der Waals surface area (Å²) in [4.78, 5) is 2.67. The van der Waals surface area contributed by atoms with Crippen LogP contribution in [0.5, 0.6) is 0 Å². The Morgan fingerprint density at radius 2 is 0.785 bits per heavy atom. The molecule has 6 aliphatic carbocycles. The zero-order valence-electron chi connectivity index (χ0n) is 44.3. The SMILES string of the molecule is c1ccc(-c2cccc3c2-c2ccc(N(c4cccc([Si]5(c6ccccc6)c6ccccc6-c6ccccc65)c4)c4ccc5c(c4)C(c4ccccc4)(c4ccccc4)c4ccccc4-5)cc2C32C3CC4CC(C3)CC2C4)cc1. The van der Waals surface area contributed by atoms with Gasteiger partial charge in [0, 0.05) is 22.5 Å². The van der Waals surface area contributed by atoms with E-state index in [1.54, 1.807) is 11.1 Å². The van der Waals surface area contributed by atoms with Crippen LogP contribution in [0.25, 0.3) is 44.5 Å². The summed E-state index contributed by atoms with van der Waals surface area (Å²) in [5, 5.41) is 5.74. The zero-order valence-corrected chi connectivity index (χ0v) is 45.3. The predicted molar refractivity (Wildman–Crippen MR) is 330 cm³/mol. The van der Waals surface area contributed by atoms with Gasteiger partial charge in [0.1, 0.15) is 0 Å². The molecule has 79 heavy (non-hydrogen) atoms. The van der Waals surface area contributed by atoms with E-state index in [1.165, 1.54) is 137 Å². The van der Waals surface area contributed by atoms with Crippen LogP contribution >= 0.6 is 0 Å². The van der Waals surface area contributed by atoms with Gasteiger partial charge >= 0.3 is 0 Å². The minimum absolute atomic E-state index is 0.0384. The molecule has 1 nitrogen and oxygen atoms in total. The van der Waals surface area contributed by atoms with Crippen molar-refractivity contribution in [1.82, 2.24) is 0 Å². The van der Waals surface area contributed by atoms with Crippen LogP contribution in [-0.4, -0.2) is 8.07 Å². The minimum atomic E-state index is -2.85. The van der Waals surface area contributed by atoms with E-state index in [0.29, 0.717) is 11.8 Å². The highest BCUT2D eigenvalue weighted by atomic mass is 28.3. The van der Waals surface area contributed by atoms with Crippen LogP contribution < -0.4 is 25.6 Å². The van der Waals surface area contributed by atoms with E-state index < -0.39 is 13.5 Å². The van der Waals surface area contributed by atoms with E-state index in [9.17, 15) is 0 Å². The predicted octanol–water partition coefficient (Wildman–Crippen LogP) is 16.3. The molecule has 11 aromatic rings. The van der Waals surface area contributed by atoms with Crippen LogP contribution in [0, 0.1) is 23.7 Å². The fourth-order valence-electron chi connectivity index (χ4n) is 17.8. The number of rotatable bonds is 8. The van der Waals surface area contributed by atoms with Crippen molar-refractivity contribution in [3.8, 4) is 44.5 Å². The molecule has 0 amide bonds. The van der Waals surface area contributed by atoms with Crippen LogP contribution in [0.1, 0.15) is 65.5 Å². The molecule has 4 bridgehead atoms. The third-order valence-corrected chi connectivity index (χ3v) is 25.3. The molecular weight excluding hydrogens is 967 g/mol. The Hall–Kier alpha value is -8.56. The molecule has 1 spiro atoms. The molecule has 0 unspecified atom stereocenters. The van der Waals surface area contributed by atoms with Gasteiger partial charge in [-0.1, -0.05) is 237 Å². The molecule has 18 rings (SSSR count). The molecule has 376 valence electrons. The molecule has 0 N–H and O–H groups in total. The van der Waals surface area contributed by atoms with Crippen LogP contribution in [0.3, 0.4) is 0 Å².